The molecule has 1 aliphatic carbocycles. The van der Waals surface area contributed by atoms with Crippen molar-refractivity contribution in [3.8, 4) is 11.8 Å². The second kappa shape index (κ2) is 10.9. The number of halogens is 1. The Kier molecular flexibility index (Phi) is 7.44. The van der Waals surface area contributed by atoms with Crippen LogP contribution in [0.15, 0.2) is 54.7 Å². The standard InChI is InChI=1S/C27H24FN5O4/c1-3-30-18-6-4-5-17(11-18)26(35)37-25-19(15(2)34)8-9-21(28)24(25)20-12-22(20)32-27(36)33-23-10-7-16(13-29)14-31-23/h4-11,14,20,22,30H,3,12H2,1-2H3,(H2,31,32,33,36)/t20-,22+/m1/s1. The van der Waals surface area contributed by atoms with Crippen LogP contribution in [0.4, 0.5) is 20.7 Å². The number of hydrogen-bond acceptors (Lipinski definition) is 7. The zero-order chi connectivity index (χ0) is 26.5. The monoisotopic (exact) mass is 501 g/mol. The number of hydrogen-bond donors (Lipinski definition) is 3. The Hall–Kier alpha value is -4.78. The molecule has 188 valence electrons. The number of pyridine rings is 1. The Morgan fingerprint density at radius 1 is 1.19 bits per heavy atom. The van der Waals surface area contributed by atoms with Gasteiger partial charge in [0.2, 0.25) is 0 Å². The smallest absolute Gasteiger partial charge is 0.343 e. The molecule has 10 heteroatoms. The quantitative estimate of drug-likeness (QED) is 0.233. The maximum Gasteiger partial charge on any atom is 0.343 e. The molecule has 2 aromatic carbocycles. The molecule has 0 unspecified atom stereocenters. The van der Waals surface area contributed by atoms with E-state index in [1.807, 2.05) is 13.0 Å². The van der Waals surface area contributed by atoms with Gasteiger partial charge in [0, 0.05) is 36.0 Å². The molecule has 9 nitrogen and oxygen atoms in total. The van der Waals surface area contributed by atoms with Crippen LogP contribution < -0.4 is 20.7 Å². The zero-order valence-electron chi connectivity index (χ0n) is 20.2. The van der Waals surface area contributed by atoms with Gasteiger partial charge in [0.25, 0.3) is 0 Å². The molecule has 3 aromatic rings. The van der Waals surface area contributed by atoms with Crippen LogP contribution in [0.25, 0.3) is 0 Å². The van der Waals surface area contributed by atoms with Gasteiger partial charge in [-0.2, -0.15) is 5.26 Å². The number of anilines is 2. The number of esters is 1. The molecular formula is C27H24FN5O4. The summed E-state index contributed by atoms with van der Waals surface area (Å²) in [6, 6.07) is 13.0. The molecule has 0 saturated heterocycles. The summed E-state index contributed by atoms with van der Waals surface area (Å²) >= 11 is 0. The number of nitrogens with one attached hydrogen (secondary N) is 3. The Morgan fingerprint density at radius 2 is 2.00 bits per heavy atom. The number of ketones is 1. The van der Waals surface area contributed by atoms with Crippen molar-refractivity contribution < 1.29 is 23.5 Å². The first kappa shape index (κ1) is 25.3. The van der Waals surface area contributed by atoms with Gasteiger partial charge in [0.1, 0.15) is 23.5 Å². The number of nitriles is 1. The van der Waals surface area contributed by atoms with Crippen molar-refractivity contribution in [2.24, 2.45) is 0 Å². The predicted octanol–water partition coefficient (Wildman–Crippen LogP) is 4.62. The van der Waals surface area contributed by atoms with Gasteiger partial charge in [0.15, 0.2) is 5.78 Å². The van der Waals surface area contributed by atoms with Crippen LogP contribution in [-0.2, 0) is 0 Å². The van der Waals surface area contributed by atoms with Crippen molar-refractivity contribution in [1.29, 1.82) is 5.26 Å². The van der Waals surface area contributed by atoms with Gasteiger partial charge >= 0.3 is 12.0 Å². The topological polar surface area (TPSA) is 133 Å². The van der Waals surface area contributed by atoms with Crippen LogP contribution >= 0.6 is 0 Å². The van der Waals surface area contributed by atoms with E-state index >= 15 is 4.39 Å². The third-order valence-corrected chi connectivity index (χ3v) is 5.81. The van der Waals surface area contributed by atoms with E-state index < -0.39 is 29.8 Å². The average Bonchev–Trinajstić information content (AvgIpc) is 3.62. The van der Waals surface area contributed by atoms with E-state index in [4.69, 9.17) is 10.00 Å². The molecule has 2 amide bonds. The molecule has 1 heterocycles. The number of carbonyl (C=O) groups is 3. The minimum atomic E-state index is -0.733. The first-order valence-corrected chi connectivity index (χ1v) is 11.6. The van der Waals surface area contributed by atoms with Crippen LogP contribution in [-0.4, -0.2) is 35.4 Å². The number of ether oxygens (including phenoxy) is 1. The summed E-state index contributed by atoms with van der Waals surface area (Å²) in [5.74, 6) is -2.17. The fourth-order valence-electron chi connectivity index (χ4n) is 3.95. The first-order chi connectivity index (χ1) is 17.8. The number of amides is 2. The van der Waals surface area contributed by atoms with E-state index in [-0.39, 0.29) is 34.0 Å². The second-order valence-corrected chi connectivity index (χ2v) is 8.49. The number of Topliss-reactive ketones (excluding diaryl/α,β-unsaturated/α-hetero) is 1. The summed E-state index contributed by atoms with van der Waals surface area (Å²) in [6.45, 7) is 3.89. The normalized spacial score (nSPS) is 15.7. The molecule has 3 N–H and O–H groups in total. The van der Waals surface area contributed by atoms with Gasteiger partial charge in [-0.15, -0.1) is 0 Å². The lowest BCUT2D eigenvalue weighted by Crippen LogP contribution is -2.31. The highest BCUT2D eigenvalue weighted by Gasteiger charge is 2.44. The Morgan fingerprint density at radius 3 is 2.68 bits per heavy atom. The molecule has 1 saturated carbocycles. The van der Waals surface area contributed by atoms with E-state index in [1.165, 1.54) is 31.3 Å². The number of urea groups is 1. The predicted molar refractivity (Wildman–Crippen MR) is 134 cm³/mol. The highest BCUT2D eigenvalue weighted by molar-refractivity contribution is 6.00. The van der Waals surface area contributed by atoms with E-state index in [0.29, 0.717) is 18.5 Å². The SMILES string of the molecule is CCNc1cccc(C(=O)Oc2c(C(C)=O)ccc(F)c2[C@@H]2C[C@@H]2NC(=O)Nc2ccc(C#N)cn2)c1. The third kappa shape index (κ3) is 5.90. The Bertz CT molecular complexity index is 1400. The molecule has 0 radical (unpaired) electrons. The summed E-state index contributed by atoms with van der Waals surface area (Å²) < 4.78 is 20.7. The molecule has 4 rings (SSSR count). The first-order valence-electron chi connectivity index (χ1n) is 11.6. The maximum atomic E-state index is 15.1. The molecule has 1 aliphatic rings. The fraction of sp³-hybridized carbons (Fsp3) is 0.222. The number of benzene rings is 2. The summed E-state index contributed by atoms with van der Waals surface area (Å²) in [5.41, 5.74) is 1.44. The lowest BCUT2D eigenvalue weighted by atomic mass is 10.0. The molecular weight excluding hydrogens is 477 g/mol. The van der Waals surface area contributed by atoms with Crippen LogP contribution in [0, 0.1) is 17.1 Å². The second-order valence-electron chi connectivity index (χ2n) is 8.49. The van der Waals surface area contributed by atoms with Crippen molar-refractivity contribution in [2.75, 3.05) is 17.2 Å². The Labute approximate surface area is 212 Å². The van der Waals surface area contributed by atoms with Crippen LogP contribution in [0.2, 0.25) is 0 Å². The molecule has 1 fully saturated rings. The van der Waals surface area contributed by atoms with Crippen molar-refractivity contribution in [2.45, 2.75) is 32.2 Å². The fourth-order valence-corrected chi connectivity index (χ4v) is 3.95. The van der Waals surface area contributed by atoms with E-state index in [9.17, 15) is 14.4 Å². The average molecular weight is 502 g/mol. The van der Waals surface area contributed by atoms with Gasteiger partial charge in [-0.1, -0.05) is 6.07 Å². The van der Waals surface area contributed by atoms with Gasteiger partial charge in [-0.3, -0.25) is 10.1 Å². The van der Waals surface area contributed by atoms with Crippen LogP contribution in [0.5, 0.6) is 5.75 Å². The summed E-state index contributed by atoms with van der Waals surface area (Å²) in [6.07, 6.45) is 1.71. The van der Waals surface area contributed by atoms with Gasteiger partial charge < -0.3 is 15.4 Å². The highest BCUT2D eigenvalue weighted by Crippen LogP contribution is 2.47. The molecule has 1 aromatic heterocycles. The van der Waals surface area contributed by atoms with Gasteiger partial charge in [0.05, 0.1) is 16.7 Å². The van der Waals surface area contributed by atoms with Crippen molar-refractivity contribution in [3.05, 3.63) is 82.8 Å². The summed E-state index contributed by atoms with van der Waals surface area (Å²) in [5, 5.41) is 17.2. The van der Waals surface area contributed by atoms with E-state index in [1.54, 1.807) is 24.3 Å². The number of nitrogens with zero attached hydrogens (tertiary/aromatic N) is 2. The number of rotatable bonds is 8. The lowest BCUT2D eigenvalue weighted by Gasteiger charge is -2.15. The summed E-state index contributed by atoms with van der Waals surface area (Å²) in [4.78, 5) is 41.7. The molecule has 0 bridgehead atoms. The molecule has 37 heavy (non-hydrogen) atoms. The van der Waals surface area contributed by atoms with E-state index in [2.05, 4.69) is 20.9 Å². The molecule has 0 aliphatic heterocycles. The van der Waals surface area contributed by atoms with Crippen molar-refractivity contribution in [3.63, 3.8) is 0 Å². The zero-order valence-corrected chi connectivity index (χ0v) is 20.2. The van der Waals surface area contributed by atoms with Gasteiger partial charge in [-0.25, -0.2) is 19.0 Å². The summed E-state index contributed by atoms with van der Waals surface area (Å²) in [7, 11) is 0. The largest absolute Gasteiger partial charge is 0.422 e. The van der Waals surface area contributed by atoms with Gasteiger partial charge in [-0.05, 0) is 62.7 Å². The highest BCUT2D eigenvalue weighted by atomic mass is 19.1. The van der Waals surface area contributed by atoms with Crippen molar-refractivity contribution in [1.82, 2.24) is 10.3 Å². The van der Waals surface area contributed by atoms with Crippen molar-refractivity contribution >= 4 is 29.3 Å². The minimum absolute atomic E-state index is 0.0608. The van der Waals surface area contributed by atoms with Crippen LogP contribution in [0.1, 0.15) is 58.0 Å². The maximum absolute atomic E-state index is 15.1. The third-order valence-electron chi connectivity index (χ3n) is 5.81. The molecule has 2 atom stereocenters. The van der Waals surface area contributed by atoms with E-state index in [0.717, 1.165) is 11.8 Å². The number of carbonyl (C=O) groups excluding carboxylic acids is 3. The Balaban J connectivity index is 1.53. The molecule has 0 spiro atoms. The van der Waals surface area contributed by atoms with Crippen LogP contribution in [0.3, 0.4) is 0 Å². The minimum Gasteiger partial charge on any atom is -0.422 e. The lowest BCUT2D eigenvalue weighted by molar-refractivity contribution is 0.0730. The number of aromatic nitrogens is 1.